The first kappa shape index (κ1) is 30.5. The molecule has 1 aliphatic carbocycles. The zero-order valence-corrected chi connectivity index (χ0v) is 24.3. The molecule has 2 aromatic rings. The van der Waals surface area contributed by atoms with E-state index in [0.717, 1.165) is 49.8 Å². The molecule has 2 aromatic carbocycles. The van der Waals surface area contributed by atoms with E-state index in [9.17, 15) is 19.5 Å². The number of hydrogen-bond acceptors (Lipinski definition) is 6. The molecule has 1 saturated carbocycles. The molecule has 2 fully saturated rings. The Hall–Kier alpha value is -3.43. The van der Waals surface area contributed by atoms with Gasteiger partial charge >= 0.3 is 0 Å². The van der Waals surface area contributed by atoms with E-state index in [0.29, 0.717) is 30.6 Å². The van der Waals surface area contributed by atoms with Crippen molar-refractivity contribution in [2.24, 2.45) is 0 Å². The van der Waals surface area contributed by atoms with Crippen molar-refractivity contribution in [2.45, 2.75) is 88.9 Å². The molecule has 0 radical (unpaired) electrons. The molecule has 1 saturated heterocycles. The SMILES string of the molecule is CNc1cc(C(=O)N[C@@H](Cc2ccccc2)[C@H](O)CN[C@@H](C)C(=O)NC2CCCCC2)cc(N2CCCCC2=O)c1. The van der Waals surface area contributed by atoms with Gasteiger partial charge in [-0.1, -0.05) is 49.6 Å². The lowest BCUT2D eigenvalue weighted by molar-refractivity contribution is -0.123. The molecule has 0 spiro atoms. The van der Waals surface area contributed by atoms with Crippen LogP contribution in [0.5, 0.6) is 0 Å². The van der Waals surface area contributed by atoms with Crippen LogP contribution in [0.1, 0.15) is 74.2 Å². The second-order valence-corrected chi connectivity index (χ2v) is 11.3. The number of hydrogen-bond donors (Lipinski definition) is 5. The Morgan fingerprint density at radius 2 is 1.78 bits per heavy atom. The van der Waals surface area contributed by atoms with Gasteiger partial charge in [0.25, 0.3) is 5.91 Å². The van der Waals surface area contributed by atoms with Crippen LogP contribution in [0.25, 0.3) is 0 Å². The lowest BCUT2D eigenvalue weighted by atomic mass is 9.95. The summed E-state index contributed by atoms with van der Waals surface area (Å²) in [5, 5.41) is 23.6. The number of piperidine rings is 1. The summed E-state index contributed by atoms with van der Waals surface area (Å²) in [5.74, 6) is -0.353. The normalized spacial score (nSPS) is 18.3. The molecular weight excluding hydrogens is 518 g/mol. The zero-order valence-electron chi connectivity index (χ0n) is 24.3. The number of benzene rings is 2. The Balaban J connectivity index is 1.45. The van der Waals surface area contributed by atoms with E-state index in [-0.39, 0.29) is 30.3 Å². The summed E-state index contributed by atoms with van der Waals surface area (Å²) in [5.41, 5.74) is 2.80. The van der Waals surface area contributed by atoms with Crippen LogP contribution in [0.3, 0.4) is 0 Å². The number of amides is 3. The molecule has 3 amide bonds. The number of rotatable bonds is 12. The fourth-order valence-corrected chi connectivity index (χ4v) is 5.63. The molecule has 4 rings (SSSR count). The summed E-state index contributed by atoms with van der Waals surface area (Å²) >= 11 is 0. The van der Waals surface area contributed by atoms with Crippen LogP contribution in [-0.2, 0) is 16.0 Å². The third kappa shape index (κ3) is 8.78. The highest BCUT2D eigenvalue weighted by Crippen LogP contribution is 2.26. The van der Waals surface area contributed by atoms with Gasteiger partial charge in [0.1, 0.15) is 0 Å². The molecule has 9 heteroatoms. The van der Waals surface area contributed by atoms with Gasteiger partial charge in [-0.3, -0.25) is 14.4 Å². The van der Waals surface area contributed by atoms with Crippen LogP contribution in [0.2, 0.25) is 0 Å². The third-order valence-electron chi connectivity index (χ3n) is 8.16. The third-order valence-corrected chi connectivity index (χ3v) is 8.16. The minimum Gasteiger partial charge on any atom is -0.390 e. The highest BCUT2D eigenvalue weighted by Gasteiger charge is 2.26. The molecular formula is C32H45N5O4. The highest BCUT2D eigenvalue weighted by atomic mass is 16.3. The van der Waals surface area contributed by atoms with Crippen LogP contribution in [0, 0.1) is 0 Å². The molecule has 41 heavy (non-hydrogen) atoms. The van der Waals surface area contributed by atoms with E-state index in [1.807, 2.05) is 36.4 Å². The predicted molar refractivity (Wildman–Crippen MR) is 162 cm³/mol. The summed E-state index contributed by atoms with van der Waals surface area (Å²) < 4.78 is 0. The number of carbonyl (C=O) groups is 3. The van der Waals surface area contributed by atoms with E-state index in [1.165, 1.54) is 6.42 Å². The maximum Gasteiger partial charge on any atom is 0.251 e. The van der Waals surface area contributed by atoms with Gasteiger partial charge < -0.3 is 31.3 Å². The maximum absolute atomic E-state index is 13.6. The minimum absolute atomic E-state index is 0.0564. The van der Waals surface area contributed by atoms with Gasteiger partial charge in [0.05, 0.1) is 18.2 Å². The number of carbonyl (C=O) groups excluding carboxylic acids is 3. The molecule has 3 atom stereocenters. The minimum atomic E-state index is -0.945. The van der Waals surface area contributed by atoms with Crippen LogP contribution in [0.15, 0.2) is 48.5 Å². The summed E-state index contributed by atoms with van der Waals surface area (Å²) in [4.78, 5) is 40.6. The van der Waals surface area contributed by atoms with Gasteiger partial charge in [0, 0.05) is 49.5 Å². The van der Waals surface area contributed by atoms with Gasteiger partial charge in [0.15, 0.2) is 0 Å². The first-order chi connectivity index (χ1) is 19.8. The van der Waals surface area contributed by atoms with E-state index in [4.69, 9.17) is 0 Å². The summed E-state index contributed by atoms with van der Waals surface area (Å²) in [6, 6.07) is 14.2. The zero-order chi connectivity index (χ0) is 29.2. The monoisotopic (exact) mass is 563 g/mol. The quantitative estimate of drug-likeness (QED) is 0.270. The number of nitrogens with one attached hydrogen (secondary N) is 4. The highest BCUT2D eigenvalue weighted by molar-refractivity contribution is 5.99. The van der Waals surface area contributed by atoms with Gasteiger partial charge in [0.2, 0.25) is 11.8 Å². The van der Waals surface area contributed by atoms with E-state index >= 15 is 0 Å². The topological polar surface area (TPSA) is 123 Å². The fraction of sp³-hybridized carbons (Fsp3) is 0.531. The van der Waals surface area contributed by atoms with Crippen molar-refractivity contribution in [2.75, 3.05) is 30.4 Å². The van der Waals surface area contributed by atoms with Crippen molar-refractivity contribution in [1.82, 2.24) is 16.0 Å². The molecule has 222 valence electrons. The summed E-state index contributed by atoms with van der Waals surface area (Å²) in [6.45, 7) is 2.56. The Morgan fingerprint density at radius 3 is 2.49 bits per heavy atom. The van der Waals surface area contributed by atoms with Crippen molar-refractivity contribution in [1.29, 1.82) is 0 Å². The maximum atomic E-state index is 13.6. The predicted octanol–water partition coefficient (Wildman–Crippen LogP) is 3.37. The van der Waals surface area contributed by atoms with Gasteiger partial charge in [-0.05, 0) is 62.8 Å². The number of aliphatic hydroxyl groups excluding tert-OH is 1. The van der Waals surface area contributed by atoms with Crippen molar-refractivity contribution in [3.8, 4) is 0 Å². The number of aliphatic hydroxyl groups is 1. The van der Waals surface area contributed by atoms with Crippen molar-refractivity contribution < 1.29 is 19.5 Å². The Morgan fingerprint density at radius 1 is 1.02 bits per heavy atom. The Kier molecular flexibility index (Phi) is 11.2. The van der Waals surface area contributed by atoms with E-state index in [2.05, 4.69) is 21.3 Å². The average molecular weight is 564 g/mol. The summed E-state index contributed by atoms with van der Waals surface area (Å²) in [7, 11) is 1.78. The van der Waals surface area contributed by atoms with Crippen LogP contribution < -0.4 is 26.2 Å². The Bertz CT molecular complexity index is 1170. The van der Waals surface area contributed by atoms with E-state index < -0.39 is 18.2 Å². The molecule has 5 N–H and O–H groups in total. The summed E-state index contributed by atoms with van der Waals surface area (Å²) in [6.07, 6.45) is 7.29. The second kappa shape index (κ2) is 15.0. The number of anilines is 2. The van der Waals surface area contributed by atoms with Crippen molar-refractivity contribution in [3.63, 3.8) is 0 Å². The molecule has 0 bridgehead atoms. The molecule has 1 heterocycles. The van der Waals surface area contributed by atoms with Gasteiger partial charge in [-0.15, -0.1) is 0 Å². The lowest BCUT2D eigenvalue weighted by Gasteiger charge is -2.29. The average Bonchev–Trinajstić information content (AvgIpc) is 3.00. The molecule has 2 aliphatic rings. The van der Waals surface area contributed by atoms with Crippen LogP contribution in [0.4, 0.5) is 11.4 Å². The molecule has 9 nitrogen and oxygen atoms in total. The largest absolute Gasteiger partial charge is 0.390 e. The van der Waals surface area contributed by atoms with Crippen molar-refractivity contribution >= 4 is 29.1 Å². The fourth-order valence-electron chi connectivity index (χ4n) is 5.63. The molecule has 0 unspecified atom stereocenters. The number of nitrogens with zero attached hydrogens (tertiary/aromatic N) is 1. The molecule has 1 aliphatic heterocycles. The van der Waals surface area contributed by atoms with Crippen LogP contribution in [-0.4, -0.2) is 67.2 Å². The first-order valence-corrected chi connectivity index (χ1v) is 15.0. The van der Waals surface area contributed by atoms with Gasteiger partial charge in [-0.25, -0.2) is 0 Å². The van der Waals surface area contributed by atoms with Crippen molar-refractivity contribution in [3.05, 3.63) is 59.7 Å². The lowest BCUT2D eigenvalue weighted by Crippen LogP contribution is -2.53. The Labute approximate surface area is 243 Å². The van der Waals surface area contributed by atoms with Crippen LogP contribution >= 0.6 is 0 Å². The smallest absolute Gasteiger partial charge is 0.251 e. The van der Waals surface area contributed by atoms with Gasteiger partial charge in [-0.2, -0.15) is 0 Å². The first-order valence-electron chi connectivity index (χ1n) is 15.0. The standard InChI is InChI=1S/C32H45N5O4/c1-22(31(40)35-25-13-7-4-8-14-25)34-21-29(38)28(17-23-11-5-3-6-12-23)36-32(41)24-18-26(33-2)20-27(19-24)37-16-10-9-15-30(37)39/h3,5-6,11-12,18-20,22,25,28-29,33-34,38H,4,7-10,13-17,21H2,1-2H3,(H,35,40)(H,36,41)/t22-,28-,29+/m0/s1. The van der Waals surface area contributed by atoms with E-state index in [1.54, 1.807) is 31.0 Å². The molecule has 0 aromatic heterocycles. The second-order valence-electron chi connectivity index (χ2n) is 11.3.